The van der Waals surface area contributed by atoms with Gasteiger partial charge in [-0.25, -0.2) is 0 Å². The standard InChI is InChI=1S/C38H70O4Si/c1-25(24-41-34(40)35(3,4)5)14-13-15-26(2)29-16-17-30-33-31(19-21-38(29,30)10)37(9)20-18-28(22-27(37)23-32(33)39)42-43(11,12)36(6,7)8/h25-33,39H,13-24H2,1-12H3/t25-,26+,27+,28-,29+,30-,31-,32+,33-,37-,38+/m0/s1. The molecule has 0 spiro atoms. The molecule has 11 atom stereocenters. The van der Waals surface area contributed by atoms with Crippen molar-refractivity contribution in [2.45, 2.75) is 170 Å². The van der Waals surface area contributed by atoms with Gasteiger partial charge >= 0.3 is 5.97 Å². The first-order valence-electron chi connectivity index (χ1n) is 18.2. The van der Waals surface area contributed by atoms with Crippen LogP contribution in [-0.4, -0.2) is 38.2 Å². The van der Waals surface area contributed by atoms with Gasteiger partial charge in [0.2, 0.25) is 0 Å². The van der Waals surface area contributed by atoms with Gasteiger partial charge in [0.25, 0.3) is 0 Å². The van der Waals surface area contributed by atoms with Crippen LogP contribution in [0.5, 0.6) is 0 Å². The molecular formula is C38H70O4Si. The smallest absolute Gasteiger partial charge is 0.311 e. The van der Waals surface area contributed by atoms with Gasteiger partial charge in [0.1, 0.15) is 0 Å². The molecule has 250 valence electrons. The van der Waals surface area contributed by atoms with Crippen molar-refractivity contribution < 1.29 is 19.1 Å². The highest BCUT2D eigenvalue weighted by molar-refractivity contribution is 6.74. The van der Waals surface area contributed by atoms with Crippen LogP contribution in [0.15, 0.2) is 0 Å². The summed E-state index contributed by atoms with van der Waals surface area (Å²) in [6.45, 7) is 28.1. The molecule has 0 aliphatic heterocycles. The molecule has 0 aromatic carbocycles. The third-order valence-electron chi connectivity index (χ3n) is 14.1. The summed E-state index contributed by atoms with van der Waals surface area (Å²) in [6.07, 6.45) is 13.7. The maximum atomic E-state index is 12.2. The van der Waals surface area contributed by atoms with E-state index in [9.17, 15) is 9.90 Å². The summed E-state index contributed by atoms with van der Waals surface area (Å²) in [5.74, 6) is 4.20. The largest absolute Gasteiger partial charge is 0.465 e. The average Bonchev–Trinajstić information content (AvgIpc) is 3.24. The van der Waals surface area contributed by atoms with Crippen LogP contribution < -0.4 is 0 Å². The molecule has 0 radical (unpaired) electrons. The molecule has 4 aliphatic carbocycles. The second-order valence-electron chi connectivity index (χ2n) is 19.2. The molecule has 0 bridgehead atoms. The zero-order chi connectivity index (χ0) is 32.2. The topological polar surface area (TPSA) is 55.8 Å². The van der Waals surface area contributed by atoms with Crippen LogP contribution in [-0.2, 0) is 14.0 Å². The van der Waals surface area contributed by atoms with E-state index in [-0.39, 0.29) is 17.1 Å². The quantitative estimate of drug-likeness (QED) is 0.206. The van der Waals surface area contributed by atoms with E-state index in [0.29, 0.717) is 59.0 Å². The first-order chi connectivity index (χ1) is 19.7. The number of esters is 1. The van der Waals surface area contributed by atoms with Crippen molar-refractivity contribution in [1.29, 1.82) is 0 Å². The summed E-state index contributed by atoms with van der Waals surface area (Å²) in [6, 6.07) is 0. The first kappa shape index (κ1) is 35.5. The number of hydrogen-bond donors (Lipinski definition) is 1. The lowest BCUT2D eigenvalue weighted by atomic mass is 9.43. The summed E-state index contributed by atoms with van der Waals surface area (Å²) in [5, 5.41) is 12.1. The van der Waals surface area contributed by atoms with Gasteiger partial charge in [-0.2, -0.15) is 0 Å². The van der Waals surface area contributed by atoms with Crippen LogP contribution in [0.2, 0.25) is 18.1 Å². The third kappa shape index (κ3) is 7.14. The van der Waals surface area contributed by atoms with Crippen LogP contribution in [0.25, 0.3) is 0 Å². The minimum absolute atomic E-state index is 0.0918. The van der Waals surface area contributed by atoms with Crippen molar-refractivity contribution in [3.8, 4) is 0 Å². The van der Waals surface area contributed by atoms with Crippen LogP contribution in [0.4, 0.5) is 0 Å². The summed E-state index contributed by atoms with van der Waals surface area (Å²) in [4.78, 5) is 12.2. The average molecular weight is 619 g/mol. The van der Waals surface area contributed by atoms with Gasteiger partial charge < -0.3 is 14.3 Å². The van der Waals surface area contributed by atoms with E-state index in [1.54, 1.807) is 0 Å². The van der Waals surface area contributed by atoms with E-state index in [1.807, 2.05) is 20.8 Å². The Morgan fingerprint density at radius 2 is 1.53 bits per heavy atom. The number of rotatable bonds is 9. The number of aliphatic hydroxyl groups excluding tert-OH is 1. The van der Waals surface area contributed by atoms with Crippen molar-refractivity contribution >= 4 is 14.3 Å². The van der Waals surface area contributed by atoms with Crippen LogP contribution in [0, 0.1) is 57.7 Å². The maximum absolute atomic E-state index is 12.2. The van der Waals surface area contributed by atoms with Crippen LogP contribution in [0.1, 0.15) is 140 Å². The monoisotopic (exact) mass is 619 g/mol. The van der Waals surface area contributed by atoms with Crippen molar-refractivity contribution in [2.24, 2.45) is 57.7 Å². The minimum Gasteiger partial charge on any atom is -0.465 e. The van der Waals surface area contributed by atoms with Crippen molar-refractivity contribution in [3.05, 3.63) is 0 Å². The zero-order valence-corrected chi connectivity index (χ0v) is 31.4. The van der Waals surface area contributed by atoms with E-state index in [4.69, 9.17) is 9.16 Å². The molecule has 4 saturated carbocycles. The van der Waals surface area contributed by atoms with Gasteiger partial charge in [-0.05, 0) is 149 Å². The maximum Gasteiger partial charge on any atom is 0.311 e. The molecule has 43 heavy (non-hydrogen) atoms. The van der Waals surface area contributed by atoms with E-state index >= 15 is 0 Å². The fourth-order valence-corrected chi connectivity index (χ4v) is 11.8. The molecule has 0 amide bonds. The Hall–Kier alpha value is -0.393. The van der Waals surface area contributed by atoms with Gasteiger partial charge in [0.15, 0.2) is 8.32 Å². The lowest BCUT2D eigenvalue weighted by Gasteiger charge is -2.63. The molecule has 5 heteroatoms. The SMILES string of the molecule is C[C@@H](CCC[C@@H](C)[C@H]1CC[C@H]2[C@@H]3[C@H](O)C[C@H]4C[C@@H](O[Si](C)(C)C(C)(C)C)CC[C@]4(C)[C@H]3CC[C@]12C)COC(=O)C(C)(C)C. The predicted molar refractivity (Wildman–Crippen MR) is 181 cm³/mol. The van der Waals surface area contributed by atoms with Gasteiger partial charge in [-0.15, -0.1) is 0 Å². The zero-order valence-electron chi connectivity index (χ0n) is 30.4. The Morgan fingerprint density at radius 1 is 0.907 bits per heavy atom. The molecular weight excluding hydrogens is 549 g/mol. The summed E-state index contributed by atoms with van der Waals surface area (Å²) in [5.41, 5.74) is 0.292. The molecule has 0 saturated heterocycles. The van der Waals surface area contributed by atoms with E-state index < -0.39 is 13.7 Å². The molecule has 0 aromatic rings. The van der Waals surface area contributed by atoms with Gasteiger partial charge in [-0.1, -0.05) is 61.3 Å². The van der Waals surface area contributed by atoms with Crippen molar-refractivity contribution in [2.75, 3.05) is 6.61 Å². The summed E-state index contributed by atoms with van der Waals surface area (Å²) in [7, 11) is -1.79. The highest BCUT2D eigenvalue weighted by Crippen LogP contribution is 2.68. The second kappa shape index (κ2) is 12.7. The van der Waals surface area contributed by atoms with Crippen LogP contribution >= 0.6 is 0 Å². The first-order valence-corrected chi connectivity index (χ1v) is 21.1. The highest BCUT2D eigenvalue weighted by Gasteiger charge is 2.63. The van der Waals surface area contributed by atoms with Crippen LogP contribution in [0.3, 0.4) is 0 Å². The van der Waals surface area contributed by atoms with Crippen molar-refractivity contribution in [1.82, 2.24) is 0 Å². The van der Waals surface area contributed by atoms with Gasteiger partial charge in [-0.3, -0.25) is 4.79 Å². The minimum atomic E-state index is -1.79. The molecule has 0 heterocycles. The number of aliphatic hydroxyl groups is 1. The molecule has 4 aliphatic rings. The van der Waals surface area contributed by atoms with E-state index in [2.05, 4.69) is 61.6 Å². The lowest BCUT2D eigenvalue weighted by Crippen LogP contribution is -2.59. The fraction of sp³-hybridized carbons (Fsp3) is 0.974. The molecule has 4 nitrogen and oxygen atoms in total. The summed E-state index contributed by atoms with van der Waals surface area (Å²) >= 11 is 0. The highest BCUT2D eigenvalue weighted by atomic mass is 28.4. The van der Waals surface area contributed by atoms with Crippen molar-refractivity contribution in [3.63, 3.8) is 0 Å². The fourth-order valence-electron chi connectivity index (χ4n) is 10.4. The van der Waals surface area contributed by atoms with Gasteiger partial charge in [0, 0.05) is 6.10 Å². The Kier molecular flexibility index (Phi) is 10.4. The Morgan fingerprint density at radius 3 is 2.16 bits per heavy atom. The molecule has 4 rings (SSSR count). The molecule has 4 fully saturated rings. The molecule has 1 N–H and O–H groups in total. The van der Waals surface area contributed by atoms with E-state index in [0.717, 1.165) is 25.2 Å². The summed E-state index contributed by atoms with van der Waals surface area (Å²) < 4.78 is 12.5. The Bertz CT molecular complexity index is 964. The number of fused-ring (bicyclic) bond motifs is 5. The number of carbonyl (C=O) groups excluding carboxylic acids is 1. The lowest BCUT2D eigenvalue weighted by molar-refractivity contribution is -0.173. The predicted octanol–water partition coefficient (Wildman–Crippen LogP) is 10.0. The normalized spacial score (nSPS) is 39.8. The number of hydrogen-bond acceptors (Lipinski definition) is 4. The van der Waals surface area contributed by atoms with Gasteiger partial charge in [0.05, 0.1) is 18.1 Å². The second-order valence-corrected chi connectivity index (χ2v) is 23.9. The molecule has 0 unspecified atom stereocenters. The van der Waals surface area contributed by atoms with E-state index in [1.165, 1.54) is 51.4 Å². The third-order valence-corrected chi connectivity index (χ3v) is 18.7. The number of carbonyl (C=O) groups is 1. The number of ether oxygens (including phenoxy) is 1. The Labute approximate surface area is 267 Å². The molecule has 0 aromatic heterocycles. The Balaban J connectivity index is 1.34.